The van der Waals surface area contributed by atoms with Gasteiger partial charge in [0.1, 0.15) is 12.3 Å². The van der Waals surface area contributed by atoms with E-state index in [9.17, 15) is 14.7 Å². The van der Waals surface area contributed by atoms with Gasteiger partial charge in [-0.05, 0) is 23.8 Å². The lowest BCUT2D eigenvalue weighted by Gasteiger charge is -2.04. The first-order valence-corrected chi connectivity index (χ1v) is 6.71. The van der Waals surface area contributed by atoms with Crippen molar-refractivity contribution in [2.45, 2.75) is 6.61 Å². The van der Waals surface area contributed by atoms with E-state index in [1.54, 1.807) is 24.4 Å². The fourth-order valence-corrected chi connectivity index (χ4v) is 2.28. The second-order valence-corrected chi connectivity index (χ2v) is 4.77. The first-order valence-electron chi connectivity index (χ1n) is 6.71. The number of pyridine rings is 1. The number of carbonyl (C=O) groups excluding carboxylic acids is 1. The topological polar surface area (TPSA) is 68.0 Å². The van der Waals surface area contributed by atoms with Crippen LogP contribution in [0, 0.1) is 0 Å². The standard InChI is InChI=1S/C17H13NO4/c19-16(20)15-10-13(14-8-4-5-9-18(14)15)17(21)22-11-12-6-2-1-3-7-12/h1-10H,11H2,(H,19,20). The Morgan fingerprint density at radius 2 is 1.77 bits per heavy atom. The summed E-state index contributed by atoms with van der Waals surface area (Å²) in [4.78, 5) is 23.5. The molecule has 3 aromatic rings. The van der Waals surface area contributed by atoms with Gasteiger partial charge in [0.05, 0.1) is 11.1 Å². The minimum absolute atomic E-state index is 0.0299. The highest BCUT2D eigenvalue weighted by Gasteiger charge is 2.19. The van der Waals surface area contributed by atoms with Crippen molar-refractivity contribution in [3.05, 3.63) is 77.6 Å². The van der Waals surface area contributed by atoms with Crippen molar-refractivity contribution in [2.24, 2.45) is 0 Å². The molecule has 0 saturated heterocycles. The summed E-state index contributed by atoms with van der Waals surface area (Å²) in [6, 6.07) is 15.8. The van der Waals surface area contributed by atoms with Crippen molar-refractivity contribution < 1.29 is 19.4 Å². The Hall–Kier alpha value is -3.08. The lowest BCUT2D eigenvalue weighted by atomic mass is 10.2. The van der Waals surface area contributed by atoms with Crippen LogP contribution in [-0.4, -0.2) is 21.4 Å². The molecule has 5 nitrogen and oxygen atoms in total. The van der Waals surface area contributed by atoms with E-state index < -0.39 is 11.9 Å². The maximum absolute atomic E-state index is 12.2. The second-order valence-electron chi connectivity index (χ2n) is 4.77. The van der Waals surface area contributed by atoms with E-state index in [0.717, 1.165) is 5.56 Å². The molecule has 0 saturated carbocycles. The average molecular weight is 295 g/mol. The minimum Gasteiger partial charge on any atom is -0.477 e. The number of esters is 1. The summed E-state index contributed by atoms with van der Waals surface area (Å²) in [6.07, 6.45) is 1.60. The minimum atomic E-state index is -1.09. The van der Waals surface area contributed by atoms with Gasteiger partial charge in [0.15, 0.2) is 0 Å². The molecule has 0 amide bonds. The second kappa shape index (κ2) is 5.73. The highest BCUT2D eigenvalue weighted by molar-refractivity contribution is 6.01. The van der Waals surface area contributed by atoms with Crippen LogP contribution in [0.1, 0.15) is 26.4 Å². The van der Waals surface area contributed by atoms with E-state index in [1.807, 2.05) is 30.3 Å². The summed E-state index contributed by atoms with van der Waals surface area (Å²) < 4.78 is 6.73. The molecule has 0 aliphatic heterocycles. The Balaban J connectivity index is 1.89. The third-order valence-electron chi connectivity index (χ3n) is 3.33. The van der Waals surface area contributed by atoms with Crippen molar-refractivity contribution in [3.8, 4) is 0 Å². The van der Waals surface area contributed by atoms with Crippen LogP contribution in [0.15, 0.2) is 60.8 Å². The van der Waals surface area contributed by atoms with Gasteiger partial charge >= 0.3 is 11.9 Å². The van der Waals surface area contributed by atoms with Gasteiger partial charge in [0.2, 0.25) is 0 Å². The van der Waals surface area contributed by atoms with E-state index in [0.29, 0.717) is 5.52 Å². The van der Waals surface area contributed by atoms with Crippen molar-refractivity contribution in [2.75, 3.05) is 0 Å². The first kappa shape index (κ1) is 13.9. The summed E-state index contributed by atoms with van der Waals surface area (Å²) in [7, 11) is 0. The molecule has 0 bridgehead atoms. The fraction of sp³-hybridized carbons (Fsp3) is 0.0588. The Morgan fingerprint density at radius 3 is 2.50 bits per heavy atom. The monoisotopic (exact) mass is 295 g/mol. The molecule has 2 heterocycles. The number of fused-ring (bicyclic) bond motifs is 1. The molecule has 3 rings (SSSR count). The maximum atomic E-state index is 12.2. The largest absolute Gasteiger partial charge is 0.477 e. The predicted octanol–water partition coefficient (Wildman–Crippen LogP) is 2.99. The van der Waals surface area contributed by atoms with Gasteiger partial charge in [0.25, 0.3) is 0 Å². The quantitative estimate of drug-likeness (QED) is 0.751. The van der Waals surface area contributed by atoms with E-state index in [4.69, 9.17) is 4.74 Å². The first-order chi connectivity index (χ1) is 10.7. The molecule has 22 heavy (non-hydrogen) atoms. The highest BCUT2D eigenvalue weighted by atomic mass is 16.5. The molecule has 0 atom stereocenters. The zero-order valence-corrected chi connectivity index (χ0v) is 11.6. The van der Waals surface area contributed by atoms with Gasteiger partial charge in [-0.1, -0.05) is 36.4 Å². The van der Waals surface area contributed by atoms with Gasteiger partial charge in [0, 0.05) is 6.20 Å². The SMILES string of the molecule is O=C(OCc1ccccc1)c1cc(C(=O)O)n2ccccc12. The van der Waals surface area contributed by atoms with Gasteiger partial charge in [-0.2, -0.15) is 0 Å². The zero-order chi connectivity index (χ0) is 15.5. The number of hydrogen-bond donors (Lipinski definition) is 1. The number of carboxylic acid groups (broad SMARTS) is 1. The van der Waals surface area contributed by atoms with Gasteiger partial charge in [-0.25, -0.2) is 9.59 Å². The molecular formula is C17H13NO4. The van der Waals surface area contributed by atoms with Crippen molar-refractivity contribution >= 4 is 17.5 Å². The summed E-state index contributed by atoms with van der Waals surface area (Å²) in [5, 5.41) is 9.21. The number of aromatic carboxylic acids is 1. The third-order valence-corrected chi connectivity index (χ3v) is 3.33. The number of benzene rings is 1. The number of aromatic nitrogens is 1. The van der Waals surface area contributed by atoms with Crippen LogP contribution in [0.25, 0.3) is 5.52 Å². The van der Waals surface area contributed by atoms with Gasteiger partial charge in [-0.15, -0.1) is 0 Å². The van der Waals surface area contributed by atoms with E-state index >= 15 is 0 Å². The van der Waals surface area contributed by atoms with Crippen molar-refractivity contribution in [1.82, 2.24) is 4.40 Å². The average Bonchev–Trinajstić information content (AvgIpc) is 2.93. The summed E-state index contributed by atoms with van der Waals surface area (Å²) >= 11 is 0. The highest BCUT2D eigenvalue weighted by Crippen LogP contribution is 2.19. The number of rotatable bonds is 4. The van der Waals surface area contributed by atoms with Crippen LogP contribution in [-0.2, 0) is 11.3 Å². The third kappa shape index (κ3) is 2.56. The number of nitrogens with zero attached hydrogens (tertiary/aromatic N) is 1. The van der Waals surface area contributed by atoms with Crippen molar-refractivity contribution in [3.63, 3.8) is 0 Å². The number of hydrogen-bond acceptors (Lipinski definition) is 3. The van der Waals surface area contributed by atoms with Crippen LogP contribution in [0.2, 0.25) is 0 Å². The van der Waals surface area contributed by atoms with E-state index in [1.165, 1.54) is 10.5 Å². The molecule has 0 radical (unpaired) electrons. The number of carbonyl (C=O) groups is 2. The lowest BCUT2D eigenvalue weighted by Crippen LogP contribution is -2.04. The smallest absolute Gasteiger partial charge is 0.352 e. The molecule has 2 aromatic heterocycles. The van der Waals surface area contributed by atoms with E-state index in [-0.39, 0.29) is 17.9 Å². The van der Waals surface area contributed by atoms with Crippen molar-refractivity contribution in [1.29, 1.82) is 0 Å². The molecular weight excluding hydrogens is 282 g/mol. The summed E-state index contributed by atoms with van der Waals surface area (Å²) in [5.74, 6) is -1.64. The van der Waals surface area contributed by atoms with Crippen LogP contribution >= 0.6 is 0 Å². The molecule has 0 unspecified atom stereocenters. The molecule has 1 N–H and O–H groups in total. The van der Waals surface area contributed by atoms with E-state index in [2.05, 4.69) is 0 Å². The van der Waals surface area contributed by atoms with Crippen LogP contribution in [0.3, 0.4) is 0 Å². The zero-order valence-electron chi connectivity index (χ0n) is 11.6. The Kier molecular flexibility index (Phi) is 3.62. The lowest BCUT2D eigenvalue weighted by molar-refractivity contribution is 0.0475. The van der Waals surface area contributed by atoms with Crippen LogP contribution in [0.5, 0.6) is 0 Å². The molecule has 0 aliphatic rings. The maximum Gasteiger partial charge on any atom is 0.352 e. The molecule has 0 fully saturated rings. The Bertz CT molecular complexity index is 836. The predicted molar refractivity (Wildman–Crippen MR) is 79.9 cm³/mol. The fourth-order valence-electron chi connectivity index (χ4n) is 2.28. The number of ether oxygens (including phenoxy) is 1. The van der Waals surface area contributed by atoms with Gasteiger partial charge < -0.3 is 14.2 Å². The normalized spacial score (nSPS) is 10.5. The summed E-state index contributed by atoms with van der Waals surface area (Å²) in [5.41, 5.74) is 1.66. The molecule has 1 aromatic carbocycles. The van der Waals surface area contributed by atoms with Crippen LogP contribution in [0.4, 0.5) is 0 Å². The summed E-state index contributed by atoms with van der Waals surface area (Å²) in [6.45, 7) is 0.145. The van der Waals surface area contributed by atoms with Crippen LogP contribution < -0.4 is 0 Å². The number of carboxylic acids is 1. The Morgan fingerprint density at radius 1 is 1.05 bits per heavy atom. The van der Waals surface area contributed by atoms with Gasteiger partial charge in [-0.3, -0.25) is 0 Å². The molecule has 110 valence electrons. The molecule has 5 heteroatoms. The molecule has 0 spiro atoms. The Labute approximate surface area is 126 Å². The molecule has 0 aliphatic carbocycles.